The summed E-state index contributed by atoms with van der Waals surface area (Å²) >= 11 is 6.07. The van der Waals surface area contributed by atoms with E-state index < -0.39 is 0 Å². The van der Waals surface area contributed by atoms with Crippen LogP contribution in [0.1, 0.15) is 11.4 Å². The Labute approximate surface area is 81.6 Å². The van der Waals surface area contributed by atoms with Gasteiger partial charge in [-0.15, -0.1) is 0 Å². The van der Waals surface area contributed by atoms with Gasteiger partial charge in [0, 0.05) is 17.3 Å². The molecule has 0 N–H and O–H groups in total. The van der Waals surface area contributed by atoms with Crippen molar-refractivity contribution >= 4 is 22.5 Å². The predicted octanol–water partition coefficient (Wildman–Crippen LogP) is 2.90. The van der Waals surface area contributed by atoms with Crippen LogP contribution in [0.25, 0.3) is 10.9 Å². The second-order valence-electron chi connectivity index (χ2n) is 3.04. The minimum atomic E-state index is 0.744. The number of pyridine rings is 2. The van der Waals surface area contributed by atoms with Crippen LogP contribution in [0.4, 0.5) is 0 Å². The molecule has 0 bridgehead atoms. The topological polar surface area (TPSA) is 25.8 Å². The van der Waals surface area contributed by atoms with Crippen LogP contribution in [-0.4, -0.2) is 9.97 Å². The lowest BCUT2D eigenvalue weighted by Gasteiger charge is -2.03. The van der Waals surface area contributed by atoms with Gasteiger partial charge >= 0.3 is 0 Å². The summed E-state index contributed by atoms with van der Waals surface area (Å²) in [6, 6.07) is 3.75. The zero-order valence-electron chi connectivity index (χ0n) is 7.50. The minimum Gasteiger partial charge on any atom is -0.259 e. The molecule has 0 aliphatic heterocycles. The average Bonchev–Trinajstić information content (AvgIpc) is 2.07. The minimum absolute atomic E-state index is 0.744. The zero-order valence-corrected chi connectivity index (χ0v) is 8.26. The lowest BCUT2D eigenvalue weighted by Crippen LogP contribution is -1.89. The third-order valence-corrected chi connectivity index (χ3v) is 2.30. The molecule has 2 aromatic heterocycles. The van der Waals surface area contributed by atoms with E-state index in [1.54, 1.807) is 6.20 Å². The highest BCUT2D eigenvalue weighted by Gasteiger charge is 2.03. The fraction of sp³-hybridized carbons (Fsp3) is 0.200. The molecule has 0 aliphatic carbocycles. The van der Waals surface area contributed by atoms with Crippen molar-refractivity contribution in [3.63, 3.8) is 0 Å². The lowest BCUT2D eigenvalue weighted by molar-refractivity contribution is 1.17. The van der Waals surface area contributed by atoms with Gasteiger partial charge in [0.15, 0.2) is 0 Å². The Morgan fingerprint density at radius 2 is 2.08 bits per heavy atom. The van der Waals surface area contributed by atoms with E-state index in [4.69, 9.17) is 11.6 Å². The lowest BCUT2D eigenvalue weighted by atomic mass is 10.2. The molecule has 2 heterocycles. The molecule has 0 saturated heterocycles. The molecule has 2 nitrogen and oxygen atoms in total. The van der Waals surface area contributed by atoms with Crippen molar-refractivity contribution in [3.05, 3.63) is 34.7 Å². The van der Waals surface area contributed by atoms with E-state index in [1.165, 1.54) is 0 Å². The molecule has 0 atom stereocenters. The first-order valence-corrected chi connectivity index (χ1v) is 4.45. The Morgan fingerprint density at radius 1 is 1.31 bits per heavy atom. The molecule has 2 rings (SSSR count). The first-order valence-electron chi connectivity index (χ1n) is 4.07. The second kappa shape index (κ2) is 2.96. The van der Waals surface area contributed by atoms with Gasteiger partial charge in [-0.25, -0.2) is 0 Å². The van der Waals surface area contributed by atoms with Gasteiger partial charge in [-0.1, -0.05) is 11.6 Å². The summed E-state index contributed by atoms with van der Waals surface area (Å²) in [7, 11) is 0. The normalized spacial score (nSPS) is 10.7. The van der Waals surface area contributed by atoms with Gasteiger partial charge in [0.05, 0.1) is 16.2 Å². The summed E-state index contributed by atoms with van der Waals surface area (Å²) < 4.78 is 0. The molecule has 13 heavy (non-hydrogen) atoms. The molecule has 0 aliphatic rings. The number of aromatic nitrogens is 2. The fourth-order valence-corrected chi connectivity index (χ4v) is 1.67. The van der Waals surface area contributed by atoms with E-state index >= 15 is 0 Å². The molecule has 3 heteroatoms. The largest absolute Gasteiger partial charge is 0.259 e. The summed E-state index contributed by atoms with van der Waals surface area (Å²) in [5.74, 6) is 0. The zero-order chi connectivity index (χ0) is 9.42. The first-order chi connectivity index (χ1) is 6.18. The summed E-state index contributed by atoms with van der Waals surface area (Å²) in [4.78, 5) is 8.56. The number of hydrogen-bond donors (Lipinski definition) is 0. The molecule has 66 valence electrons. The smallest absolute Gasteiger partial charge is 0.0932 e. The molecule has 0 amide bonds. The number of hydrogen-bond acceptors (Lipinski definition) is 2. The predicted molar refractivity (Wildman–Crippen MR) is 54.0 cm³/mol. The number of rotatable bonds is 0. The van der Waals surface area contributed by atoms with Gasteiger partial charge in [-0.3, -0.25) is 9.97 Å². The maximum atomic E-state index is 6.07. The molecule has 0 unspecified atom stereocenters. The summed E-state index contributed by atoms with van der Waals surface area (Å²) in [6.45, 7) is 3.86. The number of halogens is 1. The van der Waals surface area contributed by atoms with Crippen LogP contribution < -0.4 is 0 Å². The maximum absolute atomic E-state index is 6.07. The average molecular weight is 193 g/mol. The molecular weight excluding hydrogens is 184 g/mol. The van der Waals surface area contributed by atoms with Gasteiger partial charge in [-0.05, 0) is 26.0 Å². The van der Waals surface area contributed by atoms with Crippen LogP contribution in [0.2, 0.25) is 5.02 Å². The van der Waals surface area contributed by atoms with Crippen molar-refractivity contribution < 1.29 is 0 Å². The van der Waals surface area contributed by atoms with E-state index in [0.29, 0.717) is 0 Å². The summed E-state index contributed by atoms with van der Waals surface area (Å²) in [5.41, 5.74) is 2.74. The molecule has 0 saturated carbocycles. The Morgan fingerprint density at radius 3 is 2.85 bits per heavy atom. The molecule has 0 spiro atoms. The molecule has 0 radical (unpaired) electrons. The van der Waals surface area contributed by atoms with Crippen molar-refractivity contribution in [2.45, 2.75) is 13.8 Å². The highest BCUT2D eigenvalue weighted by Crippen LogP contribution is 2.23. The van der Waals surface area contributed by atoms with Crippen LogP contribution in [-0.2, 0) is 0 Å². The van der Waals surface area contributed by atoms with Gasteiger partial charge in [-0.2, -0.15) is 0 Å². The van der Waals surface area contributed by atoms with Crippen molar-refractivity contribution in [2.24, 2.45) is 0 Å². The van der Waals surface area contributed by atoms with E-state index in [2.05, 4.69) is 9.97 Å². The molecular formula is C10H9ClN2. The van der Waals surface area contributed by atoms with Gasteiger partial charge in [0.1, 0.15) is 0 Å². The van der Waals surface area contributed by atoms with Crippen molar-refractivity contribution in [2.75, 3.05) is 0 Å². The number of nitrogens with zero attached hydrogens (tertiary/aromatic N) is 2. The van der Waals surface area contributed by atoms with E-state index in [-0.39, 0.29) is 0 Å². The van der Waals surface area contributed by atoms with Gasteiger partial charge in [0.25, 0.3) is 0 Å². The Hall–Kier alpha value is -1.15. The third kappa shape index (κ3) is 1.38. The van der Waals surface area contributed by atoms with Crippen LogP contribution in [0.5, 0.6) is 0 Å². The summed E-state index contributed by atoms with van der Waals surface area (Å²) in [6.07, 6.45) is 1.75. The Balaban J connectivity index is 2.94. The van der Waals surface area contributed by atoms with Crippen LogP contribution in [0.15, 0.2) is 18.3 Å². The highest BCUT2D eigenvalue weighted by molar-refractivity contribution is 6.35. The van der Waals surface area contributed by atoms with Crippen molar-refractivity contribution in [1.29, 1.82) is 0 Å². The molecule has 2 aromatic rings. The quantitative estimate of drug-likeness (QED) is 0.642. The van der Waals surface area contributed by atoms with E-state index in [9.17, 15) is 0 Å². The third-order valence-electron chi connectivity index (χ3n) is 1.99. The Kier molecular flexibility index (Phi) is 1.93. The molecule has 0 aromatic carbocycles. The summed E-state index contributed by atoms with van der Waals surface area (Å²) in [5, 5.41) is 1.72. The SMILES string of the molecule is Cc1cc(Cl)c2ccnc(C)c2n1. The van der Waals surface area contributed by atoms with Crippen LogP contribution in [0, 0.1) is 13.8 Å². The van der Waals surface area contributed by atoms with Crippen molar-refractivity contribution in [1.82, 2.24) is 9.97 Å². The molecule has 0 fully saturated rings. The Bertz CT molecular complexity index is 466. The first kappa shape index (κ1) is 8.45. The van der Waals surface area contributed by atoms with Crippen LogP contribution in [0.3, 0.4) is 0 Å². The van der Waals surface area contributed by atoms with Crippen LogP contribution >= 0.6 is 11.6 Å². The highest BCUT2D eigenvalue weighted by atomic mass is 35.5. The van der Waals surface area contributed by atoms with E-state index in [0.717, 1.165) is 27.3 Å². The van der Waals surface area contributed by atoms with Gasteiger partial charge in [0.2, 0.25) is 0 Å². The second-order valence-corrected chi connectivity index (χ2v) is 3.45. The van der Waals surface area contributed by atoms with E-state index in [1.807, 2.05) is 26.0 Å². The fourth-order valence-electron chi connectivity index (χ4n) is 1.36. The number of fused-ring (bicyclic) bond motifs is 1. The van der Waals surface area contributed by atoms with Gasteiger partial charge < -0.3 is 0 Å². The number of aryl methyl sites for hydroxylation is 2. The maximum Gasteiger partial charge on any atom is 0.0932 e. The van der Waals surface area contributed by atoms with Crippen molar-refractivity contribution in [3.8, 4) is 0 Å². The standard InChI is InChI=1S/C10H9ClN2/c1-6-5-9(11)8-3-4-12-7(2)10(8)13-6/h3-5H,1-2H3. The monoisotopic (exact) mass is 192 g/mol.